The van der Waals surface area contributed by atoms with Gasteiger partial charge in [0, 0.05) is 4.91 Å². The van der Waals surface area contributed by atoms with Crippen molar-refractivity contribution in [2.45, 2.75) is 6.54 Å². The van der Waals surface area contributed by atoms with E-state index in [1.165, 1.54) is 12.1 Å². The summed E-state index contributed by atoms with van der Waals surface area (Å²) in [5.74, 6) is -1.35. The lowest BCUT2D eigenvalue weighted by Gasteiger charge is -1.97. The number of oxazole rings is 1. The van der Waals surface area contributed by atoms with Gasteiger partial charge in [-0.05, 0) is 17.2 Å². The molecule has 0 saturated carbocycles. The molecule has 7 heteroatoms. The molecule has 1 aromatic carbocycles. The Morgan fingerprint density at radius 1 is 1.60 bits per heavy atom. The van der Waals surface area contributed by atoms with Crippen LogP contribution in [0.25, 0.3) is 21.5 Å². The summed E-state index contributed by atoms with van der Waals surface area (Å²) in [5.41, 5.74) is 8.43. The number of halogens is 1. The quantitative estimate of drug-likeness (QED) is 0.464. The molecular weight excluding hydrogens is 203 g/mol. The highest BCUT2D eigenvalue weighted by atomic mass is 19.1. The Morgan fingerprint density at radius 2 is 2.40 bits per heavy atom. The van der Waals surface area contributed by atoms with Crippen molar-refractivity contribution in [1.82, 2.24) is 4.98 Å². The molecule has 1 aromatic heterocycles. The number of aromatic amines is 1. The molecule has 6 nitrogen and oxygen atoms in total. The van der Waals surface area contributed by atoms with Gasteiger partial charge in [-0.3, -0.25) is 4.98 Å². The molecule has 0 aliphatic heterocycles. The maximum absolute atomic E-state index is 13.6. The summed E-state index contributed by atoms with van der Waals surface area (Å²) < 4.78 is 18.2. The van der Waals surface area contributed by atoms with Crippen LogP contribution in [0, 0.1) is 5.82 Å². The van der Waals surface area contributed by atoms with Crippen LogP contribution in [0.15, 0.2) is 26.5 Å². The number of aromatic nitrogens is 1. The number of benzene rings is 1. The molecule has 0 amide bonds. The molecule has 0 spiro atoms. The number of nitrogens with zero attached hydrogens (tertiary/aromatic N) is 3. The Morgan fingerprint density at radius 3 is 3.13 bits per heavy atom. The van der Waals surface area contributed by atoms with E-state index in [9.17, 15) is 9.18 Å². The highest BCUT2D eigenvalue weighted by Gasteiger charge is 2.10. The summed E-state index contributed by atoms with van der Waals surface area (Å²) in [5, 5.41) is 3.23. The fourth-order valence-electron chi connectivity index (χ4n) is 1.26. The van der Waals surface area contributed by atoms with Gasteiger partial charge in [-0.1, -0.05) is 11.2 Å². The minimum Gasteiger partial charge on any atom is -0.408 e. The van der Waals surface area contributed by atoms with Gasteiger partial charge in [0.2, 0.25) is 0 Å². The van der Waals surface area contributed by atoms with Crippen LogP contribution in [0.4, 0.5) is 4.39 Å². The van der Waals surface area contributed by atoms with Crippen molar-refractivity contribution >= 4 is 11.1 Å². The Balaban J connectivity index is 2.63. The molecule has 0 aliphatic carbocycles. The number of hydrogen-bond donors (Lipinski definition) is 1. The number of hydrogen-bond acceptors (Lipinski definition) is 3. The summed E-state index contributed by atoms with van der Waals surface area (Å²) in [6.07, 6.45) is 0. The number of nitrogens with one attached hydrogen (secondary N) is 1. The van der Waals surface area contributed by atoms with Crippen LogP contribution in [0.2, 0.25) is 0 Å². The Labute approximate surface area is 82.0 Å². The molecule has 0 aliphatic rings. The SMILES string of the molecule is [N-]=[N+]=NCc1ccc2oc(=O)[nH]c2c1F. The second-order valence-electron chi connectivity index (χ2n) is 2.82. The van der Waals surface area contributed by atoms with E-state index in [2.05, 4.69) is 19.4 Å². The molecule has 0 unspecified atom stereocenters. The number of H-pyrrole nitrogens is 1. The Hall–Kier alpha value is -2.27. The number of fused-ring (bicyclic) bond motifs is 1. The standard InChI is InChI=1S/C8H5FN4O2/c9-6-4(3-11-13-10)1-2-5-7(6)12-8(14)15-5/h1-2H,3H2,(H,12,14). The first-order valence-electron chi connectivity index (χ1n) is 4.03. The van der Waals surface area contributed by atoms with E-state index < -0.39 is 11.6 Å². The van der Waals surface area contributed by atoms with Crippen LogP contribution in [-0.4, -0.2) is 4.98 Å². The van der Waals surface area contributed by atoms with Gasteiger partial charge in [0.1, 0.15) is 5.52 Å². The molecule has 1 heterocycles. The molecule has 15 heavy (non-hydrogen) atoms. The van der Waals surface area contributed by atoms with Crippen molar-refractivity contribution < 1.29 is 8.81 Å². The number of azide groups is 1. The van der Waals surface area contributed by atoms with Crippen LogP contribution in [0.5, 0.6) is 0 Å². The molecule has 0 radical (unpaired) electrons. The van der Waals surface area contributed by atoms with Gasteiger partial charge < -0.3 is 4.42 Å². The molecule has 0 saturated heterocycles. The van der Waals surface area contributed by atoms with E-state index in [1.54, 1.807) is 0 Å². The van der Waals surface area contributed by atoms with Crippen molar-refractivity contribution in [1.29, 1.82) is 0 Å². The molecule has 2 aromatic rings. The van der Waals surface area contributed by atoms with E-state index in [0.29, 0.717) is 0 Å². The Kier molecular flexibility index (Phi) is 2.15. The van der Waals surface area contributed by atoms with Crippen LogP contribution < -0.4 is 5.76 Å². The van der Waals surface area contributed by atoms with Crippen LogP contribution >= 0.6 is 0 Å². The van der Waals surface area contributed by atoms with E-state index in [0.717, 1.165) is 0 Å². The molecule has 0 fully saturated rings. The highest BCUT2D eigenvalue weighted by Crippen LogP contribution is 2.18. The smallest absolute Gasteiger partial charge is 0.408 e. The largest absolute Gasteiger partial charge is 0.417 e. The molecule has 2 rings (SSSR count). The lowest BCUT2D eigenvalue weighted by Crippen LogP contribution is -1.95. The zero-order chi connectivity index (χ0) is 10.8. The monoisotopic (exact) mass is 208 g/mol. The molecular formula is C8H5FN4O2. The zero-order valence-corrected chi connectivity index (χ0v) is 7.40. The van der Waals surface area contributed by atoms with Gasteiger partial charge in [0.15, 0.2) is 11.4 Å². The lowest BCUT2D eigenvalue weighted by atomic mass is 10.2. The van der Waals surface area contributed by atoms with Gasteiger partial charge in [-0.25, -0.2) is 9.18 Å². The first-order chi connectivity index (χ1) is 7.22. The second-order valence-corrected chi connectivity index (χ2v) is 2.82. The van der Waals surface area contributed by atoms with Crippen molar-refractivity contribution in [3.8, 4) is 0 Å². The van der Waals surface area contributed by atoms with Crippen LogP contribution in [0.3, 0.4) is 0 Å². The van der Waals surface area contributed by atoms with E-state index in [1.807, 2.05) is 0 Å². The van der Waals surface area contributed by atoms with Crippen molar-refractivity contribution in [2.75, 3.05) is 0 Å². The number of rotatable bonds is 2. The minimum absolute atomic E-state index is 0.00867. The highest BCUT2D eigenvalue weighted by molar-refractivity contribution is 5.73. The molecule has 76 valence electrons. The fraction of sp³-hybridized carbons (Fsp3) is 0.125. The third-order valence-electron chi connectivity index (χ3n) is 1.92. The normalized spacial score (nSPS) is 10.2. The topological polar surface area (TPSA) is 94.8 Å². The third kappa shape index (κ3) is 1.55. The van der Waals surface area contributed by atoms with Crippen molar-refractivity contribution in [3.05, 3.63) is 44.5 Å². The molecule has 0 bridgehead atoms. The van der Waals surface area contributed by atoms with Gasteiger partial charge >= 0.3 is 5.76 Å². The Bertz CT molecular complexity index is 609. The fourth-order valence-corrected chi connectivity index (χ4v) is 1.26. The summed E-state index contributed by atoms with van der Waals surface area (Å²) in [4.78, 5) is 15.5. The summed E-state index contributed by atoms with van der Waals surface area (Å²) in [7, 11) is 0. The van der Waals surface area contributed by atoms with Gasteiger partial charge in [-0.15, -0.1) is 0 Å². The second kappa shape index (κ2) is 3.47. The van der Waals surface area contributed by atoms with E-state index in [-0.39, 0.29) is 23.2 Å². The summed E-state index contributed by atoms with van der Waals surface area (Å²) in [6.45, 7) is -0.106. The van der Waals surface area contributed by atoms with Crippen LogP contribution in [0.1, 0.15) is 5.56 Å². The molecule has 1 N–H and O–H groups in total. The first kappa shape index (κ1) is 9.29. The zero-order valence-electron chi connectivity index (χ0n) is 7.40. The van der Waals surface area contributed by atoms with Crippen LogP contribution in [-0.2, 0) is 6.54 Å². The first-order valence-corrected chi connectivity index (χ1v) is 4.03. The van der Waals surface area contributed by atoms with Gasteiger partial charge in [0.25, 0.3) is 0 Å². The van der Waals surface area contributed by atoms with Gasteiger partial charge in [-0.2, -0.15) is 0 Å². The predicted molar refractivity (Wildman–Crippen MR) is 49.6 cm³/mol. The van der Waals surface area contributed by atoms with Crippen molar-refractivity contribution in [3.63, 3.8) is 0 Å². The summed E-state index contributed by atoms with van der Waals surface area (Å²) >= 11 is 0. The minimum atomic E-state index is -0.718. The van der Waals surface area contributed by atoms with Crippen molar-refractivity contribution in [2.24, 2.45) is 5.11 Å². The molecule has 0 atom stereocenters. The lowest BCUT2D eigenvalue weighted by molar-refractivity contribution is 0.555. The van der Waals surface area contributed by atoms with E-state index >= 15 is 0 Å². The average Bonchev–Trinajstić information content (AvgIpc) is 2.59. The third-order valence-corrected chi connectivity index (χ3v) is 1.92. The predicted octanol–water partition coefficient (Wildman–Crippen LogP) is 2.07. The average molecular weight is 208 g/mol. The van der Waals surface area contributed by atoms with E-state index in [4.69, 9.17) is 5.53 Å². The summed E-state index contributed by atoms with van der Waals surface area (Å²) in [6, 6.07) is 2.85. The maximum atomic E-state index is 13.6. The van der Waals surface area contributed by atoms with Gasteiger partial charge in [0.05, 0.1) is 6.54 Å². The maximum Gasteiger partial charge on any atom is 0.417 e.